The molecule has 1 saturated heterocycles. The second-order valence-corrected chi connectivity index (χ2v) is 6.44. The average Bonchev–Trinajstić information content (AvgIpc) is 3.18. The minimum absolute atomic E-state index is 0.131. The van der Waals surface area contributed by atoms with Crippen molar-refractivity contribution >= 4 is 28.7 Å². The molecule has 4 aromatic rings. The van der Waals surface area contributed by atoms with Crippen molar-refractivity contribution < 1.29 is 18.7 Å². The Balaban J connectivity index is 1.54. The first-order valence-corrected chi connectivity index (χ1v) is 8.77. The molecule has 9 heteroatoms. The number of nitrogens with two attached hydrogens (primary N) is 1. The molecule has 1 amide bonds. The summed E-state index contributed by atoms with van der Waals surface area (Å²) in [6, 6.07) is 9.58. The van der Waals surface area contributed by atoms with Gasteiger partial charge in [-0.1, -0.05) is 6.07 Å². The van der Waals surface area contributed by atoms with Crippen LogP contribution in [-0.2, 0) is 9.47 Å². The molecular formula is C19H17N5O4. The number of carbonyl (C=O) groups excluding carboxylic acids is 1. The molecule has 9 nitrogen and oxygen atoms in total. The van der Waals surface area contributed by atoms with Gasteiger partial charge < -0.3 is 19.6 Å². The summed E-state index contributed by atoms with van der Waals surface area (Å²) in [6.45, 7) is 1.32. The molecule has 0 saturated carbocycles. The Kier molecular flexibility index (Phi) is 3.96. The highest BCUT2D eigenvalue weighted by atomic mass is 16.6. The van der Waals surface area contributed by atoms with E-state index in [1.54, 1.807) is 10.6 Å². The van der Waals surface area contributed by atoms with E-state index in [0.29, 0.717) is 35.7 Å². The van der Waals surface area contributed by atoms with Gasteiger partial charge in [0.1, 0.15) is 30.3 Å². The number of benzene rings is 1. The van der Waals surface area contributed by atoms with Crippen LogP contribution in [0.15, 0.2) is 47.1 Å². The van der Waals surface area contributed by atoms with Gasteiger partial charge in [-0.15, -0.1) is 0 Å². The number of hydrogen-bond acceptors (Lipinski definition) is 7. The number of aromatic nitrogens is 3. The van der Waals surface area contributed by atoms with E-state index in [2.05, 4.69) is 9.97 Å². The van der Waals surface area contributed by atoms with Crippen molar-refractivity contribution in [2.75, 3.05) is 32.4 Å². The van der Waals surface area contributed by atoms with Crippen LogP contribution in [0.5, 0.6) is 0 Å². The van der Waals surface area contributed by atoms with Gasteiger partial charge in [-0.2, -0.15) is 4.98 Å². The van der Waals surface area contributed by atoms with Gasteiger partial charge in [0.15, 0.2) is 5.58 Å². The van der Waals surface area contributed by atoms with Crippen molar-refractivity contribution in [2.45, 2.75) is 0 Å². The Labute approximate surface area is 159 Å². The average molecular weight is 379 g/mol. The van der Waals surface area contributed by atoms with Crippen LogP contribution >= 0.6 is 0 Å². The first kappa shape index (κ1) is 16.7. The fourth-order valence-electron chi connectivity index (χ4n) is 3.22. The summed E-state index contributed by atoms with van der Waals surface area (Å²) in [6.07, 6.45) is 3.44. The molecular weight excluding hydrogens is 362 g/mol. The number of amides is 1. The summed E-state index contributed by atoms with van der Waals surface area (Å²) in [7, 11) is 0. The molecule has 142 valence electrons. The molecule has 0 spiro atoms. The molecule has 28 heavy (non-hydrogen) atoms. The van der Waals surface area contributed by atoms with Crippen LogP contribution in [-0.4, -0.2) is 51.9 Å². The maximum atomic E-state index is 12.9. The largest absolute Gasteiger partial charge is 0.424 e. The zero-order valence-corrected chi connectivity index (χ0v) is 14.9. The summed E-state index contributed by atoms with van der Waals surface area (Å²) in [5, 5.41) is 0. The van der Waals surface area contributed by atoms with Crippen LogP contribution in [0.25, 0.3) is 27.9 Å². The highest BCUT2D eigenvalue weighted by Crippen LogP contribution is 2.26. The number of oxazole rings is 1. The van der Waals surface area contributed by atoms with Crippen LogP contribution in [0.1, 0.15) is 10.5 Å². The summed E-state index contributed by atoms with van der Waals surface area (Å²) in [4.78, 5) is 22.9. The quantitative estimate of drug-likeness (QED) is 0.568. The fourth-order valence-corrected chi connectivity index (χ4v) is 3.22. The number of fused-ring (bicyclic) bond motifs is 2. The number of rotatable bonds is 2. The molecule has 5 rings (SSSR count). The third-order valence-corrected chi connectivity index (χ3v) is 4.62. The highest BCUT2D eigenvalue weighted by molar-refractivity contribution is 5.93. The van der Waals surface area contributed by atoms with E-state index in [1.807, 2.05) is 36.5 Å². The molecule has 0 unspecified atom stereocenters. The lowest BCUT2D eigenvalue weighted by Crippen LogP contribution is -2.34. The van der Waals surface area contributed by atoms with Crippen molar-refractivity contribution in [1.82, 2.24) is 19.3 Å². The minimum atomic E-state index is -0.203. The number of carbonyl (C=O) groups is 1. The predicted octanol–water partition coefficient (Wildman–Crippen LogP) is 2.13. The molecule has 1 fully saturated rings. The Morgan fingerprint density at radius 3 is 2.68 bits per heavy atom. The molecule has 3 aromatic heterocycles. The van der Waals surface area contributed by atoms with Crippen LogP contribution in [0.4, 0.5) is 6.01 Å². The highest BCUT2D eigenvalue weighted by Gasteiger charge is 2.21. The second kappa shape index (κ2) is 6.63. The Morgan fingerprint density at radius 1 is 1.07 bits per heavy atom. The van der Waals surface area contributed by atoms with Gasteiger partial charge in [-0.05, 0) is 35.4 Å². The van der Waals surface area contributed by atoms with Crippen molar-refractivity contribution in [3.8, 4) is 11.1 Å². The Bertz CT molecular complexity index is 1170. The van der Waals surface area contributed by atoms with E-state index in [1.165, 1.54) is 4.90 Å². The van der Waals surface area contributed by atoms with Gasteiger partial charge in [0, 0.05) is 6.20 Å². The maximum absolute atomic E-state index is 12.9. The van der Waals surface area contributed by atoms with Gasteiger partial charge in [0.25, 0.3) is 11.9 Å². The molecule has 1 aromatic carbocycles. The Morgan fingerprint density at radius 2 is 1.86 bits per heavy atom. The fraction of sp³-hybridized carbons (Fsp3) is 0.211. The van der Waals surface area contributed by atoms with E-state index in [4.69, 9.17) is 19.6 Å². The van der Waals surface area contributed by atoms with Crippen molar-refractivity contribution in [2.24, 2.45) is 0 Å². The molecule has 0 atom stereocenters. The molecule has 0 aliphatic carbocycles. The van der Waals surface area contributed by atoms with Gasteiger partial charge in [-0.3, -0.25) is 14.1 Å². The van der Waals surface area contributed by atoms with E-state index >= 15 is 0 Å². The third-order valence-electron chi connectivity index (χ3n) is 4.62. The number of imidazole rings is 1. The SMILES string of the molecule is Nc1nc2cc(-c3ccc4ncc(C(=O)N5COCCOC5)n4c3)ccc2o1. The van der Waals surface area contributed by atoms with Crippen LogP contribution in [0, 0.1) is 0 Å². The summed E-state index contributed by atoms with van der Waals surface area (Å²) in [5.74, 6) is -0.203. The number of hydrogen-bond donors (Lipinski definition) is 1. The van der Waals surface area contributed by atoms with Gasteiger partial charge in [0.05, 0.1) is 19.4 Å². The second-order valence-electron chi connectivity index (χ2n) is 6.44. The van der Waals surface area contributed by atoms with E-state index < -0.39 is 0 Å². The minimum Gasteiger partial charge on any atom is -0.424 e. The number of nitrogens with zero attached hydrogens (tertiary/aromatic N) is 4. The molecule has 1 aliphatic heterocycles. The van der Waals surface area contributed by atoms with Gasteiger partial charge in [-0.25, -0.2) is 4.98 Å². The summed E-state index contributed by atoms with van der Waals surface area (Å²) in [5.41, 5.74) is 9.88. The van der Waals surface area contributed by atoms with Crippen molar-refractivity contribution in [3.05, 3.63) is 48.4 Å². The normalized spacial score (nSPS) is 15.2. The maximum Gasteiger partial charge on any atom is 0.292 e. The number of nitrogen functional groups attached to an aromatic ring is 1. The molecule has 0 bridgehead atoms. The lowest BCUT2D eigenvalue weighted by atomic mass is 10.1. The number of anilines is 1. The smallest absolute Gasteiger partial charge is 0.292 e. The van der Waals surface area contributed by atoms with Gasteiger partial charge in [0.2, 0.25) is 0 Å². The summed E-state index contributed by atoms with van der Waals surface area (Å²) < 4.78 is 17.9. The van der Waals surface area contributed by atoms with Crippen LogP contribution < -0.4 is 5.73 Å². The number of pyridine rings is 1. The summed E-state index contributed by atoms with van der Waals surface area (Å²) >= 11 is 0. The molecule has 2 N–H and O–H groups in total. The lowest BCUT2D eigenvalue weighted by Gasteiger charge is -2.18. The molecule has 1 aliphatic rings. The topological polar surface area (TPSA) is 108 Å². The first-order chi connectivity index (χ1) is 13.7. The Hall–Kier alpha value is -3.43. The zero-order valence-electron chi connectivity index (χ0n) is 14.9. The first-order valence-electron chi connectivity index (χ1n) is 8.77. The van der Waals surface area contributed by atoms with E-state index in [0.717, 1.165) is 11.1 Å². The monoisotopic (exact) mass is 379 g/mol. The lowest BCUT2D eigenvalue weighted by molar-refractivity contribution is 0.0216. The molecule has 4 heterocycles. The third kappa shape index (κ3) is 2.86. The number of ether oxygens (including phenoxy) is 2. The molecule has 0 radical (unpaired) electrons. The van der Waals surface area contributed by atoms with Crippen LogP contribution in [0.3, 0.4) is 0 Å². The predicted molar refractivity (Wildman–Crippen MR) is 100 cm³/mol. The standard InChI is InChI=1S/C19H17N5O4/c20-19-22-14-7-12(1-3-16(14)28-19)13-2-4-17-21-8-15(24(17)9-13)18(25)23-10-26-5-6-27-11-23/h1-4,7-9H,5-6,10-11H2,(H2,20,22). The van der Waals surface area contributed by atoms with Crippen molar-refractivity contribution in [3.63, 3.8) is 0 Å². The van der Waals surface area contributed by atoms with Gasteiger partial charge >= 0.3 is 0 Å². The van der Waals surface area contributed by atoms with Crippen molar-refractivity contribution in [1.29, 1.82) is 0 Å². The van der Waals surface area contributed by atoms with E-state index in [9.17, 15) is 4.79 Å². The van der Waals surface area contributed by atoms with E-state index in [-0.39, 0.29) is 25.4 Å². The van der Waals surface area contributed by atoms with Crippen LogP contribution in [0.2, 0.25) is 0 Å². The zero-order chi connectivity index (χ0) is 19.1.